The van der Waals surface area contributed by atoms with Crippen LogP contribution in [0, 0.1) is 0 Å². The summed E-state index contributed by atoms with van der Waals surface area (Å²) in [4.78, 5) is 16.5. The van der Waals surface area contributed by atoms with Crippen LogP contribution in [0.4, 0.5) is 0 Å². The zero-order valence-electron chi connectivity index (χ0n) is 12.6. The summed E-state index contributed by atoms with van der Waals surface area (Å²) in [6, 6.07) is 0.649. The largest absolute Gasteiger partial charge is 0.466 e. The molecule has 2 heterocycles. The third kappa shape index (κ3) is 4.04. The van der Waals surface area contributed by atoms with Crippen molar-refractivity contribution >= 4 is 5.97 Å². The van der Waals surface area contributed by atoms with Gasteiger partial charge in [-0.3, -0.25) is 9.80 Å². The molecule has 0 aromatic heterocycles. The molecule has 2 rings (SSSR count). The van der Waals surface area contributed by atoms with Gasteiger partial charge < -0.3 is 9.47 Å². The summed E-state index contributed by atoms with van der Waals surface area (Å²) >= 11 is 0. The number of rotatable bonds is 5. The monoisotopic (exact) mass is 282 g/mol. The maximum atomic E-state index is 11.5. The van der Waals surface area contributed by atoms with Crippen molar-refractivity contribution in [3.63, 3.8) is 0 Å². The Morgan fingerprint density at radius 1 is 1.35 bits per heavy atom. The molecule has 0 aromatic rings. The highest BCUT2D eigenvalue weighted by molar-refractivity contribution is 5.88. The maximum absolute atomic E-state index is 11.5. The zero-order chi connectivity index (χ0) is 14.4. The van der Waals surface area contributed by atoms with Crippen LogP contribution < -0.4 is 0 Å². The smallest absolute Gasteiger partial charge is 0.333 e. The molecule has 0 amide bonds. The third-order valence-corrected chi connectivity index (χ3v) is 4.23. The average Bonchev–Trinajstić information content (AvgIpc) is 2.97. The van der Waals surface area contributed by atoms with E-state index in [-0.39, 0.29) is 5.97 Å². The Kier molecular flexibility index (Phi) is 6.01. The van der Waals surface area contributed by atoms with Crippen LogP contribution in [-0.2, 0) is 14.3 Å². The van der Waals surface area contributed by atoms with Gasteiger partial charge in [-0.05, 0) is 12.8 Å². The van der Waals surface area contributed by atoms with Crippen molar-refractivity contribution in [2.45, 2.75) is 25.8 Å². The number of ether oxygens (including phenoxy) is 2. The van der Waals surface area contributed by atoms with E-state index in [1.54, 1.807) is 0 Å². The Morgan fingerprint density at radius 3 is 2.75 bits per heavy atom. The molecule has 1 unspecified atom stereocenters. The first kappa shape index (κ1) is 15.5. The molecule has 114 valence electrons. The minimum absolute atomic E-state index is 0.198. The third-order valence-electron chi connectivity index (χ3n) is 4.23. The lowest BCUT2D eigenvalue weighted by molar-refractivity contribution is -0.136. The maximum Gasteiger partial charge on any atom is 0.333 e. The van der Waals surface area contributed by atoms with Crippen molar-refractivity contribution in [3.05, 3.63) is 11.6 Å². The summed E-state index contributed by atoms with van der Waals surface area (Å²) in [5.74, 6) is -0.198. The van der Waals surface area contributed by atoms with Crippen LogP contribution in [-0.4, -0.2) is 74.9 Å². The second kappa shape index (κ2) is 7.76. The molecule has 1 atom stereocenters. The van der Waals surface area contributed by atoms with E-state index in [2.05, 4.69) is 9.80 Å². The number of likely N-dealkylation sites (tertiary alicyclic amines) is 1. The zero-order valence-corrected chi connectivity index (χ0v) is 12.6. The molecule has 0 aliphatic carbocycles. The Bertz CT molecular complexity index is 351. The molecule has 2 fully saturated rings. The molecule has 0 radical (unpaired) electrons. The van der Waals surface area contributed by atoms with E-state index in [0.717, 1.165) is 57.9 Å². The van der Waals surface area contributed by atoms with E-state index in [1.807, 2.05) is 13.0 Å². The minimum Gasteiger partial charge on any atom is -0.466 e. The van der Waals surface area contributed by atoms with Crippen LogP contribution in [0.15, 0.2) is 11.6 Å². The average molecular weight is 282 g/mol. The summed E-state index contributed by atoms with van der Waals surface area (Å²) < 4.78 is 10.2. The van der Waals surface area contributed by atoms with Crippen molar-refractivity contribution in [1.82, 2.24) is 9.80 Å². The van der Waals surface area contributed by atoms with Crippen molar-refractivity contribution in [3.8, 4) is 0 Å². The van der Waals surface area contributed by atoms with Gasteiger partial charge in [0.15, 0.2) is 0 Å². The van der Waals surface area contributed by atoms with E-state index < -0.39 is 0 Å². The number of methoxy groups -OCH3 is 1. The molecule has 2 saturated heterocycles. The van der Waals surface area contributed by atoms with E-state index in [4.69, 9.17) is 9.47 Å². The van der Waals surface area contributed by atoms with Crippen molar-refractivity contribution in [2.75, 3.05) is 53.0 Å². The Labute approximate surface area is 121 Å². The van der Waals surface area contributed by atoms with Crippen LogP contribution in [0.3, 0.4) is 0 Å². The molecule has 0 aromatic carbocycles. The highest BCUT2D eigenvalue weighted by Gasteiger charge is 2.28. The lowest BCUT2D eigenvalue weighted by Gasteiger charge is -2.32. The van der Waals surface area contributed by atoms with Gasteiger partial charge in [0.2, 0.25) is 0 Å². The lowest BCUT2D eigenvalue weighted by atomic mass is 10.2. The molecule has 5 heteroatoms. The highest BCUT2D eigenvalue weighted by atomic mass is 16.5. The Balaban J connectivity index is 1.80. The summed E-state index contributed by atoms with van der Waals surface area (Å²) in [5, 5.41) is 0. The fourth-order valence-electron chi connectivity index (χ4n) is 2.96. The number of esters is 1. The fraction of sp³-hybridized carbons (Fsp3) is 0.800. The molecule has 0 bridgehead atoms. The van der Waals surface area contributed by atoms with Gasteiger partial charge >= 0.3 is 5.97 Å². The van der Waals surface area contributed by atoms with E-state index in [9.17, 15) is 4.79 Å². The molecular weight excluding hydrogens is 256 g/mol. The first-order chi connectivity index (χ1) is 9.74. The minimum atomic E-state index is -0.198. The first-order valence-corrected chi connectivity index (χ1v) is 7.56. The molecule has 20 heavy (non-hydrogen) atoms. The molecule has 0 N–H and O–H groups in total. The Hall–Kier alpha value is -0.910. The van der Waals surface area contributed by atoms with Crippen molar-refractivity contribution in [1.29, 1.82) is 0 Å². The van der Waals surface area contributed by atoms with Crippen LogP contribution in [0.2, 0.25) is 0 Å². The summed E-state index contributed by atoms with van der Waals surface area (Å²) in [6.07, 6.45) is 3.97. The summed E-state index contributed by atoms with van der Waals surface area (Å²) in [6.45, 7) is 8.86. The lowest BCUT2D eigenvalue weighted by Crippen LogP contribution is -2.44. The van der Waals surface area contributed by atoms with Crippen LogP contribution in [0.1, 0.15) is 19.8 Å². The summed E-state index contributed by atoms with van der Waals surface area (Å²) in [5.41, 5.74) is 0.780. The Morgan fingerprint density at radius 2 is 2.10 bits per heavy atom. The molecule has 2 aliphatic rings. The predicted octanol–water partition coefficient (Wildman–Crippen LogP) is 0.902. The van der Waals surface area contributed by atoms with Gasteiger partial charge in [0.1, 0.15) is 0 Å². The van der Waals surface area contributed by atoms with Crippen LogP contribution in [0.25, 0.3) is 0 Å². The number of morpholine rings is 1. The van der Waals surface area contributed by atoms with Crippen LogP contribution in [0.5, 0.6) is 0 Å². The number of hydrogen-bond donors (Lipinski definition) is 0. The second-order valence-corrected chi connectivity index (χ2v) is 5.42. The van der Waals surface area contributed by atoms with E-state index >= 15 is 0 Å². The van der Waals surface area contributed by atoms with Gasteiger partial charge in [-0.15, -0.1) is 0 Å². The number of hydrogen-bond acceptors (Lipinski definition) is 5. The van der Waals surface area contributed by atoms with Gasteiger partial charge in [-0.25, -0.2) is 4.79 Å². The number of carbonyl (C=O) groups excluding carboxylic acids is 1. The van der Waals surface area contributed by atoms with Gasteiger partial charge in [0.25, 0.3) is 0 Å². The van der Waals surface area contributed by atoms with E-state index in [1.165, 1.54) is 13.5 Å². The van der Waals surface area contributed by atoms with Crippen LogP contribution >= 0.6 is 0 Å². The van der Waals surface area contributed by atoms with E-state index in [0.29, 0.717) is 6.04 Å². The predicted molar refractivity (Wildman–Crippen MR) is 77.6 cm³/mol. The number of carbonyl (C=O) groups is 1. The molecule has 0 saturated carbocycles. The normalized spacial score (nSPS) is 25.9. The van der Waals surface area contributed by atoms with Gasteiger partial charge in [0.05, 0.1) is 20.3 Å². The second-order valence-electron chi connectivity index (χ2n) is 5.42. The first-order valence-electron chi connectivity index (χ1n) is 7.56. The van der Waals surface area contributed by atoms with Crippen molar-refractivity contribution in [2.24, 2.45) is 0 Å². The standard InChI is InChI=1S/C15H26N2O3/c1-3-13(15(18)19-2)4-6-16-7-5-14(12-16)17-8-10-20-11-9-17/h4,14H,3,5-12H2,1-2H3. The number of nitrogens with zero attached hydrogens (tertiary/aromatic N) is 2. The van der Waals surface area contributed by atoms with Gasteiger partial charge in [0, 0.05) is 44.3 Å². The topological polar surface area (TPSA) is 42.0 Å². The molecule has 5 nitrogen and oxygen atoms in total. The van der Waals surface area contributed by atoms with Gasteiger partial charge in [-0.1, -0.05) is 13.0 Å². The summed E-state index contributed by atoms with van der Waals surface area (Å²) in [7, 11) is 1.44. The molecule has 2 aliphatic heterocycles. The highest BCUT2D eigenvalue weighted by Crippen LogP contribution is 2.17. The van der Waals surface area contributed by atoms with Crippen molar-refractivity contribution < 1.29 is 14.3 Å². The molecular formula is C15H26N2O3. The SMILES string of the molecule is CCC(=CCN1CCC(N2CCOCC2)C1)C(=O)OC. The fourth-order valence-corrected chi connectivity index (χ4v) is 2.96. The quantitative estimate of drug-likeness (QED) is 0.554. The molecule has 0 spiro atoms. The van der Waals surface area contributed by atoms with Gasteiger partial charge in [-0.2, -0.15) is 0 Å².